The maximum absolute atomic E-state index is 12.2. The number of rotatable bonds is 4. The fourth-order valence-electron chi connectivity index (χ4n) is 3.28. The smallest absolute Gasteiger partial charge is 0.299 e. The van der Waals surface area contributed by atoms with Crippen molar-refractivity contribution in [2.24, 2.45) is 5.92 Å². The lowest BCUT2D eigenvalue weighted by molar-refractivity contribution is -0.123. The van der Waals surface area contributed by atoms with E-state index >= 15 is 0 Å². The highest BCUT2D eigenvalue weighted by atomic mass is 32.2. The molecule has 2 nitrogen and oxygen atoms in total. The Kier molecular flexibility index (Phi) is 5.17. The van der Waals surface area contributed by atoms with Gasteiger partial charge in [-0.1, -0.05) is 6.42 Å². The fraction of sp³-hybridized carbons (Fsp3) is 0.923. The van der Waals surface area contributed by atoms with Crippen molar-refractivity contribution >= 4 is 17.5 Å². The Bertz CT molecular complexity index is 322. The Labute approximate surface area is 116 Å². The summed E-state index contributed by atoms with van der Waals surface area (Å²) in [5.41, 5.74) is -4.14. The predicted molar refractivity (Wildman–Crippen MR) is 70.1 cm³/mol. The molecular weight excluding hydrogens is 275 g/mol. The molecule has 0 amide bonds. The molecule has 0 aromatic carbocycles. The molecule has 0 bridgehead atoms. The van der Waals surface area contributed by atoms with Gasteiger partial charge in [-0.15, -0.1) is 0 Å². The second-order valence-electron chi connectivity index (χ2n) is 5.36. The van der Waals surface area contributed by atoms with Crippen LogP contribution in [0, 0.1) is 5.92 Å². The van der Waals surface area contributed by atoms with Crippen molar-refractivity contribution in [2.45, 2.75) is 50.1 Å². The number of hydrogen-bond donors (Lipinski definition) is 0. The summed E-state index contributed by atoms with van der Waals surface area (Å²) in [4.78, 5) is 14.0. The molecular formula is C13H20F3NOS. The Morgan fingerprint density at radius 2 is 2.00 bits per heavy atom. The van der Waals surface area contributed by atoms with E-state index in [1.54, 1.807) is 0 Å². The summed E-state index contributed by atoms with van der Waals surface area (Å²) >= 11 is 0.0460. The van der Waals surface area contributed by atoms with Crippen molar-refractivity contribution < 1.29 is 18.0 Å². The number of ketones is 1. The van der Waals surface area contributed by atoms with E-state index in [-0.39, 0.29) is 29.5 Å². The number of halogens is 3. The first-order chi connectivity index (χ1) is 8.97. The number of likely N-dealkylation sites (tertiary alicyclic amines) is 1. The topological polar surface area (TPSA) is 20.3 Å². The van der Waals surface area contributed by atoms with E-state index in [1.807, 2.05) is 0 Å². The minimum atomic E-state index is -4.14. The Hall–Kier alpha value is -0.230. The van der Waals surface area contributed by atoms with Crippen molar-refractivity contribution in [1.82, 2.24) is 4.90 Å². The molecule has 6 heteroatoms. The van der Waals surface area contributed by atoms with Gasteiger partial charge in [0.2, 0.25) is 0 Å². The standard InChI is InChI=1S/C13H20F3NOS/c14-13(15,16)19-9-8-17-7-2-1-5-11(17)10-4-3-6-12(10)18/h10-11H,1-9H2. The number of hydrogen-bond acceptors (Lipinski definition) is 3. The average Bonchev–Trinajstić information content (AvgIpc) is 2.74. The molecule has 2 unspecified atom stereocenters. The fourth-order valence-corrected chi connectivity index (χ4v) is 3.84. The molecule has 0 N–H and O–H groups in total. The average molecular weight is 295 g/mol. The van der Waals surface area contributed by atoms with Crippen LogP contribution in [0.25, 0.3) is 0 Å². The van der Waals surface area contributed by atoms with Gasteiger partial charge in [0.05, 0.1) is 0 Å². The molecule has 0 radical (unpaired) electrons. The van der Waals surface area contributed by atoms with E-state index in [1.165, 1.54) is 0 Å². The summed E-state index contributed by atoms with van der Waals surface area (Å²) < 4.78 is 36.5. The molecule has 1 saturated heterocycles. The number of nitrogens with zero attached hydrogens (tertiary/aromatic N) is 1. The number of Topliss-reactive ketones (excluding diaryl/α,β-unsaturated/α-hetero) is 1. The van der Waals surface area contributed by atoms with Gasteiger partial charge in [-0.25, -0.2) is 0 Å². The lowest BCUT2D eigenvalue weighted by Crippen LogP contribution is -2.46. The zero-order chi connectivity index (χ0) is 13.9. The molecule has 1 heterocycles. The second-order valence-corrected chi connectivity index (χ2v) is 6.52. The SMILES string of the molecule is O=C1CCCC1C1CCCCN1CCSC(F)(F)F. The molecule has 2 fully saturated rings. The monoisotopic (exact) mass is 295 g/mol. The summed E-state index contributed by atoms with van der Waals surface area (Å²) in [6.07, 6.45) is 5.63. The number of alkyl halides is 3. The zero-order valence-corrected chi connectivity index (χ0v) is 11.7. The minimum absolute atomic E-state index is 0.0460. The molecule has 1 aliphatic carbocycles. The van der Waals surface area contributed by atoms with Crippen LogP contribution in [0.4, 0.5) is 13.2 Å². The predicted octanol–water partition coefficient (Wildman–Crippen LogP) is 3.46. The number of piperidine rings is 1. The van der Waals surface area contributed by atoms with Crippen molar-refractivity contribution in [2.75, 3.05) is 18.8 Å². The van der Waals surface area contributed by atoms with Crippen LogP contribution in [0.2, 0.25) is 0 Å². The third-order valence-corrected chi connectivity index (χ3v) is 4.84. The van der Waals surface area contributed by atoms with Crippen molar-refractivity contribution in [1.29, 1.82) is 0 Å². The van der Waals surface area contributed by atoms with E-state index in [2.05, 4.69) is 4.90 Å². The molecule has 1 aliphatic heterocycles. The highest BCUT2D eigenvalue weighted by Crippen LogP contribution is 2.34. The van der Waals surface area contributed by atoms with Crippen LogP contribution in [0.5, 0.6) is 0 Å². The zero-order valence-electron chi connectivity index (χ0n) is 10.9. The normalized spacial score (nSPS) is 29.9. The largest absolute Gasteiger partial charge is 0.441 e. The summed E-state index contributed by atoms with van der Waals surface area (Å²) in [6.45, 7) is 1.28. The maximum atomic E-state index is 12.2. The quantitative estimate of drug-likeness (QED) is 0.792. The lowest BCUT2D eigenvalue weighted by atomic mass is 9.88. The molecule has 110 valence electrons. The van der Waals surface area contributed by atoms with Crippen molar-refractivity contribution in [3.05, 3.63) is 0 Å². The van der Waals surface area contributed by atoms with Gasteiger partial charge in [-0.3, -0.25) is 9.69 Å². The van der Waals surface area contributed by atoms with E-state index < -0.39 is 5.51 Å². The van der Waals surface area contributed by atoms with Crippen LogP contribution in [0.15, 0.2) is 0 Å². The third kappa shape index (κ3) is 4.38. The minimum Gasteiger partial charge on any atom is -0.299 e. The molecule has 1 saturated carbocycles. The number of carbonyl (C=O) groups is 1. The van der Waals surface area contributed by atoms with E-state index in [9.17, 15) is 18.0 Å². The highest BCUT2D eigenvalue weighted by molar-refractivity contribution is 8.00. The Morgan fingerprint density at radius 1 is 1.21 bits per heavy atom. The molecule has 0 spiro atoms. The van der Waals surface area contributed by atoms with Gasteiger partial charge < -0.3 is 0 Å². The lowest BCUT2D eigenvalue weighted by Gasteiger charge is -2.38. The first kappa shape index (κ1) is 15.2. The van der Waals surface area contributed by atoms with Crippen LogP contribution in [-0.2, 0) is 4.79 Å². The molecule has 2 atom stereocenters. The number of carbonyl (C=O) groups excluding carboxylic acids is 1. The summed E-state index contributed by atoms with van der Waals surface area (Å²) in [7, 11) is 0. The Morgan fingerprint density at radius 3 is 2.63 bits per heavy atom. The van der Waals surface area contributed by atoms with Crippen molar-refractivity contribution in [3.8, 4) is 0 Å². The summed E-state index contributed by atoms with van der Waals surface area (Å²) in [5.74, 6) is 0.470. The maximum Gasteiger partial charge on any atom is 0.441 e. The van der Waals surface area contributed by atoms with Gasteiger partial charge in [-0.2, -0.15) is 13.2 Å². The van der Waals surface area contributed by atoms with Crippen LogP contribution in [0.1, 0.15) is 38.5 Å². The molecule has 0 aromatic heterocycles. The van der Waals surface area contributed by atoms with Crippen LogP contribution >= 0.6 is 11.8 Å². The van der Waals surface area contributed by atoms with Gasteiger partial charge in [0, 0.05) is 30.7 Å². The first-order valence-corrected chi connectivity index (χ1v) is 7.93. The molecule has 0 aromatic rings. The van der Waals surface area contributed by atoms with E-state index in [0.717, 1.165) is 38.6 Å². The van der Waals surface area contributed by atoms with Crippen LogP contribution in [-0.4, -0.2) is 41.1 Å². The third-order valence-electron chi connectivity index (χ3n) is 4.12. The first-order valence-electron chi connectivity index (χ1n) is 6.95. The molecule has 19 heavy (non-hydrogen) atoms. The van der Waals surface area contributed by atoms with Gasteiger partial charge in [0.25, 0.3) is 0 Å². The van der Waals surface area contributed by atoms with Crippen molar-refractivity contribution in [3.63, 3.8) is 0 Å². The second kappa shape index (κ2) is 6.48. The van der Waals surface area contributed by atoms with Gasteiger partial charge >= 0.3 is 5.51 Å². The van der Waals surface area contributed by atoms with Crippen LogP contribution < -0.4 is 0 Å². The summed E-state index contributed by atoms with van der Waals surface area (Å²) in [6, 6.07) is 0.192. The molecule has 2 rings (SSSR count). The number of thioether (sulfide) groups is 1. The van der Waals surface area contributed by atoms with Gasteiger partial charge in [0.1, 0.15) is 5.78 Å². The summed E-state index contributed by atoms with van der Waals surface area (Å²) in [5, 5.41) is 0. The Balaban J connectivity index is 1.87. The van der Waals surface area contributed by atoms with Gasteiger partial charge in [-0.05, 0) is 44.0 Å². The van der Waals surface area contributed by atoms with Crippen LogP contribution in [0.3, 0.4) is 0 Å². The highest BCUT2D eigenvalue weighted by Gasteiger charge is 2.37. The molecule has 2 aliphatic rings. The van der Waals surface area contributed by atoms with E-state index in [4.69, 9.17) is 0 Å². The van der Waals surface area contributed by atoms with Gasteiger partial charge in [0.15, 0.2) is 0 Å². The van der Waals surface area contributed by atoms with E-state index in [0.29, 0.717) is 18.7 Å².